The Morgan fingerprint density at radius 3 is 2.60 bits per heavy atom. The van der Waals surface area contributed by atoms with Crippen LogP contribution in [0.15, 0.2) is 48.5 Å². The fraction of sp³-hybridized carbons (Fsp3) is 0.278. The summed E-state index contributed by atoms with van der Waals surface area (Å²) < 4.78 is 49.5. The predicted molar refractivity (Wildman–Crippen MR) is 84.4 cm³/mol. The second kappa shape index (κ2) is 6.66. The molecule has 1 aliphatic rings. The summed E-state index contributed by atoms with van der Waals surface area (Å²) in [4.78, 5) is 12.3. The molecule has 0 bridgehead atoms. The molecule has 0 aromatic heterocycles. The van der Waals surface area contributed by atoms with E-state index < -0.39 is 29.8 Å². The molecule has 3 rings (SSSR count). The van der Waals surface area contributed by atoms with Gasteiger partial charge in [-0.05, 0) is 36.8 Å². The van der Waals surface area contributed by atoms with E-state index in [0.29, 0.717) is 17.1 Å². The molecule has 1 aliphatic heterocycles. The average molecular weight is 351 g/mol. The van der Waals surface area contributed by atoms with Crippen molar-refractivity contribution in [1.82, 2.24) is 5.32 Å². The zero-order chi connectivity index (χ0) is 18.0. The van der Waals surface area contributed by atoms with E-state index in [2.05, 4.69) is 5.32 Å². The summed E-state index contributed by atoms with van der Waals surface area (Å²) in [6, 6.07) is 11.2. The van der Waals surface area contributed by atoms with Crippen molar-refractivity contribution >= 4 is 5.91 Å². The van der Waals surface area contributed by atoms with Gasteiger partial charge in [0.05, 0.1) is 11.6 Å². The molecule has 1 amide bonds. The van der Waals surface area contributed by atoms with Crippen LogP contribution in [0.4, 0.5) is 13.2 Å². The Balaban J connectivity index is 1.67. The molecule has 25 heavy (non-hydrogen) atoms. The van der Waals surface area contributed by atoms with Crippen LogP contribution in [-0.4, -0.2) is 18.6 Å². The van der Waals surface area contributed by atoms with Crippen molar-refractivity contribution in [2.45, 2.75) is 25.2 Å². The fourth-order valence-electron chi connectivity index (χ4n) is 2.52. The van der Waals surface area contributed by atoms with E-state index in [1.807, 2.05) is 0 Å². The van der Waals surface area contributed by atoms with Gasteiger partial charge in [0.15, 0.2) is 11.5 Å². The van der Waals surface area contributed by atoms with Crippen LogP contribution in [0.3, 0.4) is 0 Å². The minimum absolute atomic E-state index is 0.0398. The zero-order valence-corrected chi connectivity index (χ0v) is 13.3. The summed E-state index contributed by atoms with van der Waals surface area (Å²) in [7, 11) is 0. The number of rotatable bonds is 3. The Labute approximate surface area is 142 Å². The number of hydrogen-bond donors (Lipinski definition) is 1. The number of benzene rings is 2. The summed E-state index contributed by atoms with van der Waals surface area (Å²) in [5, 5.41) is 2.66. The number of carbonyl (C=O) groups is 1. The molecular weight excluding hydrogens is 335 g/mol. The minimum atomic E-state index is -4.43. The first kappa shape index (κ1) is 17.1. The van der Waals surface area contributed by atoms with Crippen molar-refractivity contribution in [2.75, 3.05) is 6.61 Å². The highest BCUT2D eigenvalue weighted by Gasteiger charge is 2.31. The lowest BCUT2D eigenvalue weighted by molar-refractivity contribution is -0.137. The predicted octanol–water partition coefficient (Wildman–Crippen LogP) is 3.72. The minimum Gasteiger partial charge on any atom is -0.485 e. The van der Waals surface area contributed by atoms with E-state index in [-0.39, 0.29) is 6.61 Å². The van der Waals surface area contributed by atoms with Crippen LogP contribution < -0.4 is 14.8 Å². The lowest BCUT2D eigenvalue weighted by atomic mass is 10.0. The molecule has 0 spiro atoms. The van der Waals surface area contributed by atoms with Gasteiger partial charge in [0.25, 0.3) is 5.91 Å². The fourth-order valence-corrected chi connectivity index (χ4v) is 2.52. The SMILES string of the molecule is C[C@H](NC(=O)[C@@H]1COc2ccccc2O1)c1cccc(C(F)(F)F)c1. The van der Waals surface area contributed by atoms with Crippen LogP contribution >= 0.6 is 0 Å². The Morgan fingerprint density at radius 2 is 1.88 bits per heavy atom. The highest BCUT2D eigenvalue weighted by molar-refractivity contribution is 5.82. The maximum absolute atomic E-state index is 12.8. The van der Waals surface area contributed by atoms with Crippen molar-refractivity contribution in [3.05, 3.63) is 59.7 Å². The summed E-state index contributed by atoms with van der Waals surface area (Å²) >= 11 is 0. The lowest BCUT2D eigenvalue weighted by Crippen LogP contribution is -2.44. The Kier molecular flexibility index (Phi) is 4.57. The number of fused-ring (bicyclic) bond motifs is 1. The van der Waals surface area contributed by atoms with Gasteiger partial charge in [-0.2, -0.15) is 13.2 Å². The van der Waals surface area contributed by atoms with Crippen LogP contribution in [0, 0.1) is 0 Å². The first-order valence-corrected chi connectivity index (χ1v) is 7.70. The standard InChI is InChI=1S/C18H16F3NO3/c1-11(12-5-4-6-13(9-12)18(19,20)21)22-17(23)16-10-24-14-7-2-3-8-15(14)25-16/h2-9,11,16H,10H2,1H3,(H,22,23)/t11-,16-/m0/s1. The van der Waals surface area contributed by atoms with Crippen molar-refractivity contribution in [2.24, 2.45) is 0 Å². The number of amides is 1. The molecule has 0 saturated carbocycles. The lowest BCUT2D eigenvalue weighted by Gasteiger charge is -2.27. The Bertz CT molecular complexity index is 776. The maximum atomic E-state index is 12.8. The highest BCUT2D eigenvalue weighted by Crippen LogP contribution is 2.32. The van der Waals surface area contributed by atoms with Gasteiger partial charge in [0, 0.05) is 0 Å². The van der Waals surface area contributed by atoms with Gasteiger partial charge in [0.1, 0.15) is 6.61 Å². The van der Waals surface area contributed by atoms with Gasteiger partial charge in [0.2, 0.25) is 6.10 Å². The van der Waals surface area contributed by atoms with Crippen molar-refractivity contribution < 1.29 is 27.4 Å². The highest BCUT2D eigenvalue weighted by atomic mass is 19.4. The van der Waals surface area contributed by atoms with E-state index in [9.17, 15) is 18.0 Å². The van der Waals surface area contributed by atoms with Crippen LogP contribution in [0.5, 0.6) is 11.5 Å². The second-order valence-corrected chi connectivity index (χ2v) is 5.72. The van der Waals surface area contributed by atoms with Gasteiger partial charge in [-0.3, -0.25) is 4.79 Å². The first-order valence-electron chi connectivity index (χ1n) is 7.70. The van der Waals surface area contributed by atoms with Crippen LogP contribution in [0.25, 0.3) is 0 Å². The topological polar surface area (TPSA) is 47.6 Å². The van der Waals surface area contributed by atoms with E-state index in [1.54, 1.807) is 31.2 Å². The molecule has 0 saturated heterocycles. The van der Waals surface area contributed by atoms with Gasteiger partial charge in [-0.1, -0.05) is 24.3 Å². The van der Waals surface area contributed by atoms with Crippen molar-refractivity contribution in [3.63, 3.8) is 0 Å². The van der Waals surface area contributed by atoms with Crippen molar-refractivity contribution in [3.8, 4) is 11.5 Å². The quantitative estimate of drug-likeness (QED) is 0.917. The van der Waals surface area contributed by atoms with Crippen LogP contribution in [0.2, 0.25) is 0 Å². The summed E-state index contributed by atoms with van der Waals surface area (Å²) in [6.45, 7) is 1.66. The summed E-state index contributed by atoms with van der Waals surface area (Å²) in [6.07, 6.45) is -5.29. The van der Waals surface area contributed by atoms with Gasteiger partial charge in [-0.15, -0.1) is 0 Å². The Morgan fingerprint density at radius 1 is 1.16 bits per heavy atom. The molecule has 1 heterocycles. The third-order valence-electron chi connectivity index (χ3n) is 3.87. The molecule has 2 aromatic rings. The largest absolute Gasteiger partial charge is 0.485 e. The van der Waals surface area contributed by atoms with E-state index in [0.717, 1.165) is 12.1 Å². The van der Waals surface area contributed by atoms with Crippen LogP contribution in [0.1, 0.15) is 24.1 Å². The number of halogens is 3. The third-order valence-corrected chi connectivity index (χ3v) is 3.87. The zero-order valence-electron chi connectivity index (χ0n) is 13.3. The maximum Gasteiger partial charge on any atom is 0.416 e. The number of ether oxygens (including phenoxy) is 2. The van der Waals surface area contributed by atoms with E-state index >= 15 is 0 Å². The number of hydrogen-bond acceptors (Lipinski definition) is 3. The molecule has 7 heteroatoms. The van der Waals surface area contributed by atoms with Gasteiger partial charge < -0.3 is 14.8 Å². The van der Waals surface area contributed by atoms with Crippen molar-refractivity contribution in [1.29, 1.82) is 0 Å². The molecule has 4 nitrogen and oxygen atoms in total. The monoisotopic (exact) mass is 351 g/mol. The van der Waals surface area contributed by atoms with Crippen LogP contribution in [-0.2, 0) is 11.0 Å². The molecule has 0 fully saturated rings. The van der Waals surface area contributed by atoms with E-state index in [1.165, 1.54) is 12.1 Å². The molecule has 0 unspecified atom stereocenters. The van der Waals surface area contributed by atoms with Gasteiger partial charge >= 0.3 is 6.18 Å². The molecule has 0 aliphatic carbocycles. The summed E-state index contributed by atoms with van der Waals surface area (Å²) in [5.41, 5.74) is -0.391. The molecule has 2 aromatic carbocycles. The first-order chi connectivity index (χ1) is 11.8. The molecule has 0 radical (unpaired) electrons. The Hall–Kier alpha value is -2.70. The van der Waals surface area contributed by atoms with Gasteiger partial charge in [-0.25, -0.2) is 0 Å². The summed E-state index contributed by atoms with van der Waals surface area (Å²) in [5.74, 6) is 0.567. The molecule has 132 valence electrons. The molecular formula is C18H16F3NO3. The molecule has 1 N–H and O–H groups in total. The number of alkyl halides is 3. The third kappa shape index (κ3) is 3.87. The number of para-hydroxylation sites is 2. The van der Waals surface area contributed by atoms with E-state index in [4.69, 9.17) is 9.47 Å². The average Bonchev–Trinajstić information content (AvgIpc) is 2.60. The normalized spacial score (nSPS) is 17.7. The number of nitrogens with one attached hydrogen (secondary N) is 1. The second-order valence-electron chi connectivity index (χ2n) is 5.72. The smallest absolute Gasteiger partial charge is 0.416 e. The number of carbonyl (C=O) groups excluding carboxylic acids is 1. The molecule has 2 atom stereocenters.